The number of hydrogen-bond acceptors (Lipinski definition) is 3. The number of ether oxygens (including phenoxy) is 1. The lowest BCUT2D eigenvalue weighted by Gasteiger charge is -2.17. The van der Waals surface area contributed by atoms with E-state index in [1.807, 2.05) is 0 Å². The van der Waals surface area contributed by atoms with Crippen LogP contribution in [-0.2, 0) is 0 Å². The summed E-state index contributed by atoms with van der Waals surface area (Å²) in [7, 11) is 1.03. The maximum Gasteiger partial charge on any atom is 0.513 e. The fourth-order valence-corrected chi connectivity index (χ4v) is 1.08. The van der Waals surface area contributed by atoms with E-state index in [2.05, 4.69) is 4.74 Å². The number of methoxy groups -OCH3 is 1. The number of non-ortho nitro benzene ring substituents is 1. The number of nitrogens with zero attached hydrogens (tertiary/aromatic N) is 1. The first-order valence-corrected chi connectivity index (χ1v) is 3.88. The molecule has 4 nitrogen and oxygen atoms in total. The zero-order chi connectivity index (χ0) is 11.6. The van der Waals surface area contributed by atoms with E-state index in [-0.39, 0.29) is 0 Å². The second-order valence-corrected chi connectivity index (χ2v) is 2.76. The summed E-state index contributed by atoms with van der Waals surface area (Å²) in [5.74, 6) is -0.531. The van der Waals surface area contributed by atoms with Crippen molar-refractivity contribution in [1.29, 1.82) is 0 Å². The number of nitro groups is 1. The van der Waals surface area contributed by atoms with E-state index >= 15 is 0 Å². The topological polar surface area (TPSA) is 52.4 Å². The molecule has 0 saturated heterocycles. The van der Waals surface area contributed by atoms with E-state index in [4.69, 9.17) is 0 Å². The lowest BCUT2D eigenvalue weighted by molar-refractivity contribution is -0.384. The van der Waals surface area contributed by atoms with Crippen LogP contribution in [0.1, 0.15) is 0 Å². The van der Waals surface area contributed by atoms with E-state index < -0.39 is 28.8 Å². The van der Waals surface area contributed by atoms with Crippen LogP contribution in [0, 0.1) is 10.1 Å². The molecule has 0 aromatic heterocycles. The summed E-state index contributed by atoms with van der Waals surface area (Å²) in [5, 5.41) is 10.3. The largest absolute Gasteiger partial charge is 0.513 e. The quantitative estimate of drug-likeness (QED) is 0.442. The average Bonchev–Trinajstić information content (AvgIpc) is 2.15. The Morgan fingerprint density at radius 2 is 2.00 bits per heavy atom. The smallest absolute Gasteiger partial charge is 0.499 e. The maximum atomic E-state index is 12.4. The Hall–Kier alpha value is -1.73. The summed E-state index contributed by atoms with van der Waals surface area (Å²) < 4.78 is 41.6. The van der Waals surface area contributed by atoms with E-state index in [0.29, 0.717) is 6.07 Å². The van der Waals surface area contributed by atoms with Gasteiger partial charge in [0.25, 0.3) is 5.69 Å². The molecule has 0 radical (unpaired) electrons. The zero-order valence-corrected chi connectivity index (χ0v) is 7.62. The van der Waals surface area contributed by atoms with Gasteiger partial charge in [-0.1, -0.05) is 11.5 Å². The third kappa shape index (κ3) is 2.39. The lowest BCUT2D eigenvalue weighted by Crippen LogP contribution is -2.35. The summed E-state index contributed by atoms with van der Waals surface area (Å²) in [6.45, 7) is -5.22. The van der Waals surface area contributed by atoms with Crippen LogP contribution in [0.3, 0.4) is 0 Å². The van der Waals surface area contributed by atoms with Crippen LogP contribution in [0.15, 0.2) is 18.2 Å². The molecule has 0 saturated carbocycles. The molecule has 0 aliphatic carbocycles. The number of benzene rings is 1. The monoisotopic (exact) mass is 220 g/mol. The van der Waals surface area contributed by atoms with Crippen molar-refractivity contribution in [2.75, 3.05) is 7.11 Å². The molecule has 82 valence electrons. The van der Waals surface area contributed by atoms with Crippen LogP contribution in [0.2, 0.25) is 0 Å². The third-order valence-corrected chi connectivity index (χ3v) is 1.78. The van der Waals surface area contributed by atoms with Crippen LogP contribution in [0.5, 0.6) is 5.75 Å². The molecule has 0 N–H and O–H groups in total. The number of halogens is 3. The predicted molar refractivity (Wildman–Crippen MR) is 48.4 cm³/mol. The molecule has 1 aromatic carbocycles. The van der Waals surface area contributed by atoms with Gasteiger partial charge in [0.2, 0.25) is 0 Å². The fraction of sp³-hybridized carbons (Fsp3) is 0.143. The van der Waals surface area contributed by atoms with Crippen LogP contribution < -0.4 is 10.2 Å². The molecule has 0 fully saturated rings. The summed E-state index contributed by atoms with van der Waals surface area (Å²) in [6, 6.07) is 2.20. The van der Waals surface area contributed by atoms with Gasteiger partial charge < -0.3 is 17.7 Å². The molecule has 0 aliphatic rings. The minimum absolute atomic E-state index is 0.435. The van der Waals surface area contributed by atoms with Crippen molar-refractivity contribution in [3.8, 4) is 5.75 Å². The molecule has 1 aromatic rings. The minimum Gasteiger partial charge on any atom is -0.499 e. The van der Waals surface area contributed by atoms with Gasteiger partial charge in [0.15, 0.2) is 0 Å². The first-order chi connectivity index (χ1) is 6.86. The molecule has 1 rings (SSSR count). The standard InChI is InChI=1S/C7H6BF3NO3/c1-15-7-4-5(12(13)14)2-3-6(7)8(9,10)11/h2-4H,1H3/q-1. The van der Waals surface area contributed by atoms with Crippen LogP contribution in [0.25, 0.3) is 0 Å². The van der Waals surface area contributed by atoms with Gasteiger partial charge in [-0.15, -0.1) is 0 Å². The molecule has 0 aliphatic heterocycles. The van der Waals surface area contributed by atoms with Crippen LogP contribution in [-0.4, -0.2) is 19.0 Å². The number of rotatable bonds is 3. The molecule has 0 amide bonds. The number of hydrogen-bond donors (Lipinski definition) is 0. The zero-order valence-electron chi connectivity index (χ0n) is 7.62. The second-order valence-electron chi connectivity index (χ2n) is 2.76. The van der Waals surface area contributed by atoms with Gasteiger partial charge in [0.1, 0.15) is 0 Å². The third-order valence-electron chi connectivity index (χ3n) is 1.78. The van der Waals surface area contributed by atoms with Gasteiger partial charge in [-0.2, -0.15) is 0 Å². The Bertz CT molecular complexity index is 394. The first-order valence-electron chi connectivity index (χ1n) is 3.88. The molecular weight excluding hydrogens is 214 g/mol. The van der Waals surface area contributed by atoms with Crippen molar-refractivity contribution < 1.29 is 22.6 Å². The Labute approximate surface area is 82.9 Å². The van der Waals surface area contributed by atoms with Crippen molar-refractivity contribution in [3.63, 3.8) is 0 Å². The molecule has 0 bridgehead atoms. The van der Waals surface area contributed by atoms with Crippen molar-refractivity contribution in [1.82, 2.24) is 0 Å². The van der Waals surface area contributed by atoms with Crippen molar-refractivity contribution >= 4 is 18.1 Å². The van der Waals surface area contributed by atoms with Crippen molar-refractivity contribution in [2.24, 2.45) is 0 Å². The molecule has 0 atom stereocenters. The van der Waals surface area contributed by atoms with E-state index in [1.165, 1.54) is 0 Å². The van der Waals surface area contributed by atoms with Crippen LogP contribution >= 0.6 is 0 Å². The Morgan fingerprint density at radius 1 is 1.40 bits per heavy atom. The van der Waals surface area contributed by atoms with Gasteiger partial charge in [0.05, 0.1) is 23.8 Å². The van der Waals surface area contributed by atoms with E-state index in [9.17, 15) is 23.1 Å². The van der Waals surface area contributed by atoms with Crippen molar-refractivity contribution in [3.05, 3.63) is 28.3 Å². The fourth-order valence-electron chi connectivity index (χ4n) is 1.08. The summed E-state index contributed by atoms with van der Waals surface area (Å²) in [4.78, 5) is 9.52. The van der Waals surface area contributed by atoms with Crippen LogP contribution in [0.4, 0.5) is 18.6 Å². The highest BCUT2D eigenvalue weighted by molar-refractivity contribution is 6.74. The van der Waals surface area contributed by atoms with Gasteiger partial charge in [0, 0.05) is 6.07 Å². The maximum absolute atomic E-state index is 12.4. The second kappa shape index (κ2) is 3.80. The van der Waals surface area contributed by atoms with Gasteiger partial charge in [-0.05, 0) is 0 Å². The molecule has 0 heterocycles. The molecule has 0 spiro atoms. The SMILES string of the molecule is COc1cc([N+](=O)[O-])ccc1[B-](F)(F)F. The van der Waals surface area contributed by atoms with E-state index in [1.54, 1.807) is 0 Å². The van der Waals surface area contributed by atoms with E-state index in [0.717, 1.165) is 19.2 Å². The lowest BCUT2D eigenvalue weighted by atomic mass is 9.79. The first kappa shape index (κ1) is 11.4. The van der Waals surface area contributed by atoms with Gasteiger partial charge >= 0.3 is 6.98 Å². The summed E-state index contributed by atoms with van der Waals surface area (Å²) >= 11 is 0. The normalized spacial score (nSPS) is 11.2. The Morgan fingerprint density at radius 3 is 2.40 bits per heavy atom. The van der Waals surface area contributed by atoms with Gasteiger partial charge in [-0.3, -0.25) is 10.1 Å². The molecule has 8 heteroatoms. The minimum atomic E-state index is -5.22. The molecular formula is C7H6BF3NO3-. The highest BCUT2D eigenvalue weighted by Crippen LogP contribution is 2.22. The molecule has 15 heavy (non-hydrogen) atoms. The highest BCUT2D eigenvalue weighted by Gasteiger charge is 2.30. The Balaban J connectivity index is 3.27. The summed E-state index contributed by atoms with van der Waals surface area (Å²) in [5.41, 5.74) is -1.40. The number of nitro benzene ring substituents is 1. The Kier molecular flexibility index (Phi) is 2.87. The predicted octanol–water partition coefficient (Wildman–Crippen LogP) is 1.66. The summed E-state index contributed by atoms with van der Waals surface area (Å²) in [6.07, 6.45) is 0. The van der Waals surface area contributed by atoms with Gasteiger partial charge in [-0.25, -0.2) is 0 Å². The highest BCUT2D eigenvalue weighted by atomic mass is 19.4. The average molecular weight is 220 g/mol. The molecule has 0 unspecified atom stereocenters. The van der Waals surface area contributed by atoms with Crippen molar-refractivity contribution in [2.45, 2.75) is 0 Å².